The maximum Gasteiger partial charge on any atom is 0.0699 e. The average Bonchev–Trinajstić information content (AvgIpc) is 3.22. The Morgan fingerprint density at radius 1 is 0.488 bits per heavy atom. The van der Waals surface area contributed by atoms with Crippen LogP contribution in [0, 0.1) is 0 Å². The Morgan fingerprint density at radius 2 is 0.837 bits per heavy atom. The van der Waals surface area contributed by atoms with E-state index < -0.39 is 11.1 Å². The summed E-state index contributed by atoms with van der Waals surface area (Å²) in [4.78, 5) is 5.95. The van der Waals surface area contributed by atoms with Crippen LogP contribution in [-0.2, 0) is 32.2 Å². The van der Waals surface area contributed by atoms with E-state index in [0.29, 0.717) is 0 Å². The van der Waals surface area contributed by atoms with Crippen molar-refractivity contribution in [2.45, 2.75) is 77.5 Å². The number of nitrogens with zero attached hydrogens (tertiary/aromatic N) is 2. The molecule has 0 aliphatic carbocycles. The summed E-state index contributed by atoms with van der Waals surface area (Å²) in [7, 11) is 1.77. The van der Waals surface area contributed by atoms with Gasteiger partial charge >= 0.3 is 0 Å². The van der Waals surface area contributed by atoms with E-state index in [2.05, 4.69) is 118 Å². The van der Waals surface area contributed by atoms with Crippen molar-refractivity contribution in [2.75, 3.05) is 7.11 Å². The summed E-state index contributed by atoms with van der Waals surface area (Å²) in [5.74, 6) is 0. The zero-order chi connectivity index (χ0) is 30.7. The monoisotopic (exact) mass is 569 g/mol. The fourth-order valence-corrected chi connectivity index (χ4v) is 8.52. The molecule has 0 amide bonds. The largest absolute Gasteiger partial charge is 0.301 e. The van der Waals surface area contributed by atoms with Crippen molar-refractivity contribution in [3.8, 4) is 22.3 Å². The van der Waals surface area contributed by atoms with Gasteiger partial charge in [-0.25, -0.2) is 0 Å². The van der Waals surface area contributed by atoms with Gasteiger partial charge in [0.05, 0.1) is 29.3 Å². The molecule has 1 radical (unpaired) electrons. The smallest absolute Gasteiger partial charge is 0.0699 e. The van der Waals surface area contributed by atoms with Gasteiger partial charge in [0.2, 0.25) is 0 Å². The molecule has 2 aliphatic heterocycles. The minimum atomic E-state index is -0.610. The van der Waals surface area contributed by atoms with Crippen LogP contribution in [0.1, 0.15) is 77.6 Å². The average molecular weight is 570 g/mol. The lowest BCUT2D eigenvalue weighted by Crippen LogP contribution is -2.44. The molecule has 0 bridgehead atoms. The molecule has 2 aliphatic rings. The van der Waals surface area contributed by atoms with Crippen LogP contribution in [0.3, 0.4) is 0 Å². The van der Waals surface area contributed by atoms with Crippen LogP contribution in [0.25, 0.3) is 43.8 Å². The number of hydrogen-bond donors (Lipinski definition) is 0. The Balaban J connectivity index is 1.52. The third-order valence-corrected chi connectivity index (χ3v) is 10.4. The first-order valence-electron chi connectivity index (χ1n) is 15.3. The first-order chi connectivity index (χ1) is 20.2. The second-order valence-electron chi connectivity index (χ2n) is 14.4. The van der Waals surface area contributed by atoms with E-state index in [9.17, 15) is 5.21 Å². The van der Waals surface area contributed by atoms with E-state index in [0.717, 1.165) is 16.7 Å². The minimum absolute atomic E-state index is 0.240. The summed E-state index contributed by atoms with van der Waals surface area (Å²) in [6.45, 7) is 17.1. The van der Waals surface area contributed by atoms with Gasteiger partial charge in [-0.3, -0.25) is 0 Å². The summed E-state index contributed by atoms with van der Waals surface area (Å²) in [5, 5.41) is 21.6. The van der Waals surface area contributed by atoms with Gasteiger partial charge in [-0.15, -0.1) is 10.3 Å². The Bertz CT molecular complexity index is 1890. The highest BCUT2D eigenvalue weighted by atomic mass is 16.7. The molecule has 0 saturated carbocycles. The Labute approximate surface area is 255 Å². The lowest BCUT2D eigenvalue weighted by atomic mass is 9.82. The van der Waals surface area contributed by atoms with E-state index in [4.69, 9.17) is 4.84 Å². The topological polar surface area (TPSA) is 35.6 Å². The molecule has 0 aromatic heterocycles. The summed E-state index contributed by atoms with van der Waals surface area (Å²) >= 11 is 0. The number of hydrogen-bond acceptors (Lipinski definition) is 3. The molecule has 4 nitrogen and oxygen atoms in total. The zero-order valence-electron chi connectivity index (χ0n) is 26.8. The number of rotatable bonds is 3. The first kappa shape index (κ1) is 28.2. The molecule has 0 fully saturated rings. The molecular weight excluding hydrogens is 528 g/mol. The minimum Gasteiger partial charge on any atom is -0.301 e. The highest BCUT2D eigenvalue weighted by molar-refractivity contribution is 6.21. The fraction of sp³-hybridized carbons (Fsp3) is 0.333. The second-order valence-corrected chi connectivity index (χ2v) is 14.4. The van der Waals surface area contributed by atoms with Crippen molar-refractivity contribution >= 4 is 21.5 Å². The molecule has 0 N–H and O–H groups in total. The van der Waals surface area contributed by atoms with Gasteiger partial charge in [-0.2, -0.15) is 5.06 Å². The quantitative estimate of drug-likeness (QED) is 0.203. The van der Waals surface area contributed by atoms with Crippen LogP contribution in [0.5, 0.6) is 0 Å². The third kappa shape index (κ3) is 3.64. The van der Waals surface area contributed by atoms with E-state index in [1.807, 2.05) is 27.7 Å². The van der Waals surface area contributed by atoms with Crippen molar-refractivity contribution in [3.05, 3.63) is 107 Å². The molecule has 43 heavy (non-hydrogen) atoms. The summed E-state index contributed by atoms with van der Waals surface area (Å²) < 4.78 is 0. The molecule has 5 aromatic carbocycles. The number of hydroxylamine groups is 4. The standard InChI is InChI=1S/C39H41N2O2/c1-36(2)30-20-18-24(22-32(30)37(3,4)40(36)42)34-26-14-10-12-16-28(26)35(29-17-13-11-15-27(29)34)25-19-21-31-33(23-25)39(7,8)41(43-9)38(31,5)6/h10-23H,1-9H3. The van der Waals surface area contributed by atoms with Gasteiger partial charge in [0.1, 0.15) is 0 Å². The lowest BCUT2D eigenvalue weighted by Gasteiger charge is -2.38. The molecule has 0 unspecified atom stereocenters. The van der Waals surface area contributed by atoms with E-state index in [1.165, 1.54) is 54.4 Å². The molecular formula is C39H41N2O2. The predicted octanol–water partition coefficient (Wildman–Crippen LogP) is 9.81. The predicted molar refractivity (Wildman–Crippen MR) is 176 cm³/mol. The number of benzene rings is 5. The molecule has 5 aromatic rings. The van der Waals surface area contributed by atoms with Gasteiger partial charge in [-0.05, 0) is 134 Å². The van der Waals surface area contributed by atoms with Crippen LogP contribution >= 0.6 is 0 Å². The third-order valence-electron chi connectivity index (χ3n) is 10.4. The van der Waals surface area contributed by atoms with Crippen molar-refractivity contribution in [1.29, 1.82) is 0 Å². The SMILES string of the molecule is CON1C(C)(C)c2ccc(-c3c4ccccc4c(-c4ccc5c(c4)C(C)(C)N([O])C5(C)C)c4ccccc34)cc2C1(C)C. The Kier molecular flexibility index (Phi) is 5.91. The van der Waals surface area contributed by atoms with Crippen molar-refractivity contribution in [2.24, 2.45) is 0 Å². The maximum atomic E-state index is 13.4. The van der Waals surface area contributed by atoms with Crippen LogP contribution < -0.4 is 0 Å². The zero-order valence-corrected chi connectivity index (χ0v) is 26.8. The van der Waals surface area contributed by atoms with Crippen molar-refractivity contribution in [1.82, 2.24) is 10.1 Å². The van der Waals surface area contributed by atoms with E-state index in [1.54, 1.807) is 7.11 Å². The highest BCUT2D eigenvalue weighted by Crippen LogP contribution is 2.53. The van der Waals surface area contributed by atoms with Gasteiger partial charge in [0.15, 0.2) is 0 Å². The van der Waals surface area contributed by atoms with Gasteiger partial charge in [0.25, 0.3) is 0 Å². The fourth-order valence-electron chi connectivity index (χ4n) is 8.52. The molecule has 0 saturated heterocycles. The summed E-state index contributed by atoms with van der Waals surface area (Å²) in [6, 6.07) is 31.2. The molecule has 0 atom stereocenters. The van der Waals surface area contributed by atoms with E-state index >= 15 is 0 Å². The van der Waals surface area contributed by atoms with Crippen LogP contribution in [0.2, 0.25) is 0 Å². The van der Waals surface area contributed by atoms with E-state index in [-0.39, 0.29) is 11.1 Å². The van der Waals surface area contributed by atoms with Gasteiger partial charge in [0, 0.05) is 0 Å². The second kappa shape index (κ2) is 8.99. The molecule has 2 heterocycles. The molecule has 7 rings (SSSR count). The summed E-state index contributed by atoms with van der Waals surface area (Å²) in [6.07, 6.45) is 0. The van der Waals surface area contributed by atoms with Crippen LogP contribution in [-0.4, -0.2) is 17.2 Å². The lowest BCUT2D eigenvalue weighted by molar-refractivity contribution is -0.266. The van der Waals surface area contributed by atoms with Crippen LogP contribution in [0.15, 0.2) is 84.9 Å². The molecule has 4 heteroatoms. The molecule has 0 spiro atoms. The summed E-state index contributed by atoms with van der Waals surface area (Å²) in [5.41, 5.74) is 7.90. The Hall–Kier alpha value is -3.54. The van der Waals surface area contributed by atoms with Gasteiger partial charge < -0.3 is 4.84 Å². The Morgan fingerprint density at radius 3 is 1.26 bits per heavy atom. The highest BCUT2D eigenvalue weighted by Gasteiger charge is 2.51. The first-order valence-corrected chi connectivity index (χ1v) is 15.3. The van der Waals surface area contributed by atoms with Crippen molar-refractivity contribution in [3.63, 3.8) is 0 Å². The molecule has 219 valence electrons. The van der Waals surface area contributed by atoms with Crippen molar-refractivity contribution < 1.29 is 10.0 Å². The van der Waals surface area contributed by atoms with Crippen LogP contribution in [0.4, 0.5) is 0 Å². The number of fused-ring (bicyclic) bond motifs is 4. The normalized spacial score (nSPS) is 20.0. The van der Waals surface area contributed by atoms with Gasteiger partial charge in [-0.1, -0.05) is 72.8 Å². The maximum absolute atomic E-state index is 13.4.